The van der Waals surface area contributed by atoms with Gasteiger partial charge in [0.25, 0.3) is 5.91 Å². The fourth-order valence-corrected chi connectivity index (χ4v) is 2.25. The van der Waals surface area contributed by atoms with Gasteiger partial charge in [0.05, 0.1) is 13.2 Å². The van der Waals surface area contributed by atoms with E-state index in [1.165, 1.54) is 6.08 Å². The van der Waals surface area contributed by atoms with Crippen LogP contribution in [0.5, 0.6) is 5.75 Å². The molecule has 0 aliphatic rings. The smallest absolute Gasteiger partial charge is 0.331 e. The number of benzene rings is 2. The number of esters is 1. The number of para-hydroxylation sites is 1. The first-order valence-corrected chi connectivity index (χ1v) is 7.92. The van der Waals surface area contributed by atoms with Crippen LogP contribution in [-0.4, -0.2) is 25.6 Å². The zero-order chi connectivity index (χ0) is 18.1. The third-order valence-electron chi connectivity index (χ3n) is 3.56. The van der Waals surface area contributed by atoms with Crippen LogP contribution >= 0.6 is 0 Å². The first-order chi connectivity index (χ1) is 12.1. The lowest BCUT2D eigenvalue weighted by molar-refractivity contribution is -0.144. The first kappa shape index (κ1) is 18.3. The Balaban J connectivity index is 1.81. The summed E-state index contributed by atoms with van der Waals surface area (Å²) < 4.78 is 10.2. The molecule has 0 aromatic heterocycles. The maximum atomic E-state index is 11.9. The number of hydrogen-bond donors (Lipinski definition) is 1. The number of ether oxygens (including phenoxy) is 2. The molecule has 1 atom stereocenters. The van der Waals surface area contributed by atoms with Crippen LogP contribution < -0.4 is 10.1 Å². The molecular weight excluding hydrogens is 318 g/mol. The van der Waals surface area contributed by atoms with Crippen LogP contribution in [0.25, 0.3) is 6.08 Å². The summed E-state index contributed by atoms with van der Waals surface area (Å²) in [4.78, 5) is 23.6. The molecule has 0 fully saturated rings. The largest absolute Gasteiger partial charge is 0.496 e. The van der Waals surface area contributed by atoms with E-state index in [-0.39, 0.29) is 18.6 Å². The van der Waals surface area contributed by atoms with Gasteiger partial charge in [0.2, 0.25) is 0 Å². The molecule has 0 saturated carbocycles. The molecule has 1 N–H and O–H groups in total. The molecule has 130 valence electrons. The Bertz CT molecular complexity index is 740. The molecule has 1 amide bonds. The van der Waals surface area contributed by atoms with E-state index < -0.39 is 5.97 Å². The van der Waals surface area contributed by atoms with Crippen LogP contribution in [0.15, 0.2) is 60.7 Å². The van der Waals surface area contributed by atoms with Gasteiger partial charge in [-0.25, -0.2) is 4.79 Å². The molecule has 0 bridgehead atoms. The molecule has 0 heterocycles. The Hall–Kier alpha value is -3.08. The summed E-state index contributed by atoms with van der Waals surface area (Å²) in [6, 6.07) is 16.7. The van der Waals surface area contributed by atoms with E-state index in [1.807, 2.05) is 55.5 Å². The highest BCUT2D eigenvalue weighted by Gasteiger charge is 2.10. The van der Waals surface area contributed by atoms with Crippen molar-refractivity contribution in [2.45, 2.75) is 13.0 Å². The molecule has 2 aromatic carbocycles. The highest BCUT2D eigenvalue weighted by atomic mass is 16.5. The Labute approximate surface area is 147 Å². The molecule has 0 aliphatic heterocycles. The Morgan fingerprint density at radius 1 is 1.08 bits per heavy atom. The maximum Gasteiger partial charge on any atom is 0.331 e. The number of hydrogen-bond acceptors (Lipinski definition) is 4. The predicted octanol–water partition coefficient (Wildman–Crippen LogP) is 3.13. The van der Waals surface area contributed by atoms with Crippen molar-refractivity contribution in [2.75, 3.05) is 13.7 Å². The molecular formula is C20H21NO4. The van der Waals surface area contributed by atoms with E-state index in [2.05, 4.69) is 5.32 Å². The minimum absolute atomic E-state index is 0.156. The summed E-state index contributed by atoms with van der Waals surface area (Å²) >= 11 is 0. The van der Waals surface area contributed by atoms with E-state index >= 15 is 0 Å². The molecule has 5 heteroatoms. The summed E-state index contributed by atoms with van der Waals surface area (Å²) in [5, 5.41) is 2.78. The van der Waals surface area contributed by atoms with Gasteiger partial charge in [-0.2, -0.15) is 0 Å². The van der Waals surface area contributed by atoms with E-state index in [9.17, 15) is 9.59 Å². The second-order valence-corrected chi connectivity index (χ2v) is 5.38. The second kappa shape index (κ2) is 9.27. The van der Waals surface area contributed by atoms with Crippen LogP contribution in [0, 0.1) is 0 Å². The number of nitrogens with one attached hydrogen (secondary N) is 1. The lowest BCUT2D eigenvalue weighted by Crippen LogP contribution is -2.30. The first-order valence-electron chi connectivity index (χ1n) is 7.92. The fourth-order valence-electron chi connectivity index (χ4n) is 2.25. The maximum absolute atomic E-state index is 11.9. The number of methoxy groups -OCH3 is 1. The zero-order valence-electron chi connectivity index (χ0n) is 14.3. The molecule has 0 aliphatic carbocycles. The molecule has 2 rings (SSSR count). The van der Waals surface area contributed by atoms with Gasteiger partial charge in [-0.15, -0.1) is 0 Å². The van der Waals surface area contributed by atoms with Crippen LogP contribution in [0.3, 0.4) is 0 Å². The van der Waals surface area contributed by atoms with E-state index in [1.54, 1.807) is 19.3 Å². The summed E-state index contributed by atoms with van der Waals surface area (Å²) in [5.74, 6) is -0.287. The molecule has 5 nitrogen and oxygen atoms in total. The molecule has 0 saturated heterocycles. The van der Waals surface area contributed by atoms with Gasteiger partial charge in [0.15, 0.2) is 6.61 Å². The van der Waals surface area contributed by atoms with E-state index in [0.717, 1.165) is 11.1 Å². The van der Waals surface area contributed by atoms with Crippen molar-refractivity contribution in [3.8, 4) is 5.75 Å². The molecule has 25 heavy (non-hydrogen) atoms. The standard InChI is InChI=1S/C20H21NO4/c1-15(16-8-4-3-5-9-16)21-19(22)14-25-20(23)13-12-17-10-6-7-11-18(17)24-2/h3-13,15H,14H2,1-2H3,(H,21,22)/b13-12+/t15-/m1/s1. The van der Waals surface area contributed by atoms with Gasteiger partial charge in [0, 0.05) is 11.6 Å². The van der Waals surface area contributed by atoms with Gasteiger partial charge in [-0.3, -0.25) is 4.79 Å². The topological polar surface area (TPSA) is 64.6 Å². The predicted molar refractivity (Wildman–Crippen MR) is 96.0 cm³/mol. The van der Waals surface area contributed by atoms with Crippen molar-refractivity contribution in [3.63, 3.8) is 0 Å². The Kier molecular flexibility index (Phi) is 6.77. The highest BCUT2D eigenvalue weighted by Crippen LogP contribution is 2.18. The average molecular weight is 339 g/mol. The average Bonchev–Trinajstić information content (AvgIpc) is 2.65. The van der Waals surface area contributed by atoms with Crippen molar-refractivity contribution in [1.82, 2.24) is 5.32 Å². The summed E-state index contributed by atoms with van der Waals surface area (Å²) in [7, 11) is 1.56. The lowest BCUT2D eigenvalue weighted by atomic mass is 10.1. The molecule has 0 radical (unpaired) electrons. The Morgan fingerprint density at radius 2 is 1.76 bits per heavy atom. The van der Waals surface area contributed by atoms with E-state index in [4.69, 9.17) is 9.47 Å². The van der Waals surface area contributed by atoms with Gasteiger partial charge in [-0.05, 0) is 24.6 Å². The number of amides is 1. The summed E-state index contributed by atoms with van der Waals surface area (Å²) in [6.45, 7) is 1.54. The molecule has 0 unspecified atom stereocenters. The fraction of sp³-hybridized carbons (Fsp3) is 0.200. The number of rotatable bonds is 7. The van der Waals surface area contributed by atoms with Gasteiger partial charge in [0.1, 0.15) is 5.75 Å². The normalized spacial score (nSPS) is 11.8. The minimum atomic E-state index is -0.589. The molecule has 2 aromatic rings. The Morgan fingerprint density at radius 3 is 2.48 bits per heavy atom. The number of carbonyl (C=O) groups excluding carboxylic acids is 2. The van der Waals surface area contributed by atoms with Crippen LogP contribution in [-0.2, 0) is 14.3 Å². The SMILES string of the molecule is COc1ccccc1/C=C/C(=O)OCC(=O)N[C@H](C)c1ccccc1. The van der Waals surface area contributed by atoms with Crippen molar-refractivity contribution >= 4 is 18.0 Å². The van der Waals surface area contributed by atoms with Gasteiger partial charge in [-0.1, -0.05) is 48.5 Å². The van der Waals surface area contributed by atoms with Crippen molar-refractivity contribution in [1.29, 1.82) is 0 Å². The third kappa shape index (κ3) is 5.80. The van der Waals surface area contributed by atoms with Gasteiger partial charge >= 0.3 is 5.97 Å². The monoisotopic (exact) mass is 339 g/mol. The third-order valence-corrected chi connectivity index (χ3v) is 3.56. The summed E-state index contributed by atoms with van der Waals surface area (Å²) in [6.07, 6.45) is 2.86. The summed E-state index contributed by atoms with van der Waals surface area (Å²) in [5.41, 5.74) is 1.74. The van der Waals surface area contributed by atoms with Crippen LogP contribution in [0.4, 0.5) is 0 Å². The quantitative estimate of drug-likeness (QED) is 0.622. The highest BCUT2D eigenvalue weighted by molar-refractivity contribution is 5.89. The van der Waals surface area contributed by atoms with Crippen LogP contribution in [0.2, 0.25) is 0 Å². The minimum Gasteiger partial charge on any atom is -0.496 e. The zero-order valence-corrected chi connectivity index (χ0v) is 14.3. The van der Waals surface area contributed by atoms with Crippen molar-refractivity contribution < 1.29 is 19.1 Å². The van der Waals surface area contributed by atoms with Crippen molar-refractivity contribution in [3.05, 3.63) is 71.8 Å². The lowest BCUT2D eigenvalue weighted by Gasteiger charge is -2.14. The van der Waals surface area contributed by atoms with E-state index in [0.29, 0.717) is 5.75 Å². The van der Waals surface area contributed by atoms with Crippen LogP contribution in [0.1, 0.15) is 24.1 Å². The second-order valence-electron chi connectivity index (χ2n) is 5.38. The molecule has 0 spiro atoms. The number of carbonyl (C=O) groups is 2. The van der Waals surface area contributed by atoms with Gasteiger partial charge < -0.3 is 14.8 Å². The van der Waals surface area contributed by atoms with Crippen molar-refractivity contribution in [2.24, 2.45) is 0 Å².